The third kappa shape index (κ3) is 4.63. The highest BCUT2D eigenvalue weighted by molar-refractivity contribution is 5.74. The molecule has 5 nitrogen and oxygen atoms in total. The maximum absolute atomic E-state index is 11.9. The summed E-state index contributed by atoms with van der Waals surface area (Å²) >= 11 is 0. The highest BCUT2D eigenvalue weighted by Gasteiger charge is 2.25. The van der Waals surface area contributed by atoms with Gasteiger partial charge in [-0.15, -0.1) is 0 Å². The molecule has 122 valence electrons. The molecule has 5 heteroatoms. The summed E-state index contributed by atoms with van der Waals surface area (Å²) in [5.74, 6) is 1.02. The first-order valence-corrected chi connectivity index (χ1v) is 8.05. The lowest BCUT2D eigenvalue weighted by Gasteiger charge is -2.18. The highest BCUT2D eigenvalue weighted by atomic mass is 16.5. The molecule has 22 heavy (non-hydrogen) atoms. The molecule has 0 aliphatic heterocycles. The van der Waals surface area contributed by atoms with Crippen molar-refractivity contribution in [2.45, 2.75) is 45.3 Å². The molecular weight excluding hydrogens is 280 g/mol. The number of hydrogen-bond acceptors (Lipinski definition) is 3. The van der Waals surface area contributed by atoms with E-state index in [1.807, 2.05) is 38.1 Å². The van der Waals surface area contributed by atoms with Gasteiger partial charge in [0.2, 0.25) is 0 Å². The molecule has 0 spiro atoms. The molecule has 1 aliphatic carbocycles. The maximum atomic E-state index is 11.9. The van der Waals surface area contributed by atoms with Gasteiger partial charge in [0.15, 0.2) is 0 Å². The fraction of sp³-hybridized carbons (Fsp3) is 0.588. The Hall–Kier alpha value is -1.75. The second-order valence-corrected chi connectivity index (χ2v) is 5.84. The van der Waals surface area contributed by atoms with Gasteiger partial charge in [0.1, 0.15) is 5.75 Å². The van der Waals surface area contributed by atoms with Crippen LogP contribution >= 0.6 is 0 Å². The van der Waals surface area contributed by atoms with Gasteiger partial charge in [-0.05, 0) is 44.4 Å². The average Bonchev–Trinajstić information content (AvgIpc) is 2.91. The first-order chi connectivity index (χ1) is 10.6. The third-order valence-electron chi connectivity index (χ3n) is 4.18. The second kappa shape index (κ2) is 8.03. The molecule has 2 rings (SSSR count). The van der Waals surface area contributed by atoms with Crippen LogP contribution in [0.2, 0.25) is 0 Å². The Balaban J connectivity index is 1.77. The molecule has 0 aromatic heterocycles. The van der Waals surface area contributed by atoms with Gasteiger partial charge in [-0.2, -0.15) is 0 Å². The van der Waals surface area contributed by atoms with Crippen LogP contribution in [0.4, 0.5) is 4.79 Å². The maximum Gasteiger partial charge on any atom is 0.315 e. The van der Waals surface area contributed by atoms with Crippen molar-refractivity contribution in [2.75, 3.05) is 13.2 Å². The van der Waals surface area contributed by atoms with Crippen LogP contribution in [-0.2, 0) is 0 Å². The molecule has 3 N–H and O–H groups in total. The summed E-state index contributed by atoms with van der Waals surface area (Å²) in [7, 11) is 0. The van der Waals surface area contributed by atoms with E-state index in [0.717, 1.165) is 30.6 Å². The number of carbonyl (C=O) groups is 1. The first-order valence-electron chi connectivity index (χ1n) is 8.05. The molecule has 1 saturated carbocycles. The number of aliphatic hydroxyl groups is 1. The van der Waals surface area contributed by atoms with E-state index in [9.17, 15) is 9.90 Å². The zero-order valence-electron chi connectivity index (χ0n) is 13.3. The number of nitrogens with one attached hydrogen (secondary N) is 2. The fourth-order valence-corrected chi connectivity index (χ4v) is 2.83. The molecule has 1 aliphatic rings. The van der Waals surface area contributed by atoms with Crippen LogP contribution in [0.1, 0.15) is 44.7 Å². The van der Waals surface area contributed by atoms with E-state index >= 15 is 0 Å². The van der Waals surface area contributed by atoms with Crippen LogP contribution in [0.5, 0.6) is 5.75 Å². The van der Waals surface area contributed by atoms with Crippen molar-refractivity contribution < 1.29 is 14.6 Å². The Morgan fingerprint density at radius 2 is 2.09 bits per heavy atom. The van der Waals surface area contributed by atoms with Gasteiger partial charge in [0, 0.05) is 12.5 Å². The number of carbonyl (C=O) groups excluding carboxylic acids is 1. The molecule has 3 atom stereocenters. The zero-order chi connectivity index (χ0) is 15.9. The largest absolute Gasteiger partial charge is 0.494 e. The summed E-state index contributed by atoms with van der Waals surface area (Å²) in [5.41, 5.74) is 1.03. The van der Waals surface area contributed by atoms with Gasteiger partial charge in [-0.25, -0.2) is 4.79 Å². The van der Waals surface area contributed by atoms with Crippen molar-refractivity contribution >= 4 is 6.03 Å². The summed E-state index contributed by atoms with van der Waals surface area (Å²) < 4.78 is 5.40. The zero-order valence-corrected chi connectivity index (χ0v) is 13.3. The molecule has 1 aromatic rings. The van der Waals surface area contributed by atoms with E-state index in [1.54, 1.807) is 0 Å². The summed E-state index contributed by atoms with van der Waals surface area (Å²) in [6.07, 6.45) is 2.59. The molecule has 2 amide bonds. The van der Waals surface area contributed by atoms with E-state index in [4.69, 9.17) is 4.74 Å². The van der Waals surface area contributed by atoms with E-state index in [2.05, 4.69) is 10.6 Å². The molecule has 1 fully saturated rings. The normalized spacial score (nSPS) is 22.1. The third-order valence-corrected chi connectivity index (χ3v) is 4.18. The Labute approximate surface area is 132 Å². The summed E-state index contributed by atoms with van der Waals surface area (Å²) in [6.45, 7) is 5.06. The molecule has 0 bridgehead atoms. The number of ether oxygens (including phenoxy) is 1. The molecule has 1 aromatic carbocycles. The van der Waals surface area contributed by atoms with Crippen LogP contribution in [0, 0.1) is 5.92 Å². The van der Waals surface area contributed by atoms with Gasteiger partial charge in [-0.1, -0.05) is 18.6 Å². The predicted octanol–water partition coefficient (Wildman–Crippen LogP) is 2.61. The number of aliphatic hydroxyl groups excluding tert-OH is 1. The molecule has 0 radical (unpaired) electrons. The lowest BCUT2D eigenvalue weighted by atomic mass is 10.1. The van der Waals surface area contributed by atoms with E-state index in [0.29, 0.717) is 13.2 Å². The topological polar surface area (TPSA) is 70.6 Å². The van der Waals surface area contributed by atoms with Gasteiger partial charge < -0.3 is 20.5 Å². The van der Waals surface area contributed by atoms with Crippen LogP contribution in [0.25, 0.3) is 0 Å². The average molecular weight is 306 g/mol. The van der Waals surface area contributed by atoms with Gasteiger partial charge in [0.05, 0.1) is 18.8 Å². The standard InChI is InChI=1S/C17H26N2O3/c1-3-22-15-9-7-13(8-10-15)12(2)19-17(21)18-11-14-5-4-6-16(14)20/h7-10,12,14,16,20H,3-6,11H2,1-2H3,(H2,18,19,21)/t12-,14+,16+/m0/s1. The van der Waals surface area contributed by atoms with Crippen molar-refractivity contribution in [1.82, 2.24) is 10.6 Å². The summed E-state index contributed by atoms with van der Waals surface area (Å²) in [6, 6.07) is 7.45. The highest BCUT2D eigenvalue weighted by Crippen LogP contribution is 2.24. The van der Waals surface area contributed by atoms with Gasteiger partial charge >= 0.3 is 6.03 Å². The lowest BCUT2D eigenvalue weighted by Crippen LogP contribution is -2.40. The Morgan fingerprint density at radius 1 is 1.36 bits per heavy atom. The monoisotopic (exact) mass is 306 g/mol. The van der Waals surface area contributed by atoms with E-state index in [-0.39, 0.29) is 24.1 Å². The lowest BCUT2D eigenvalue weighted by molar-refractivity contribution is 0.132. The van der Waals surface area contributed by atoms with Crippen molar-refractivity contribution in [2.24, 2.45) is 5.92 Å². The second-order valence-electron chi connectivity index (χ2n) is 5.84. The van der Waals surface area contributed by atoms with Crippen molar-refractivity contribution in [3.8, 4) is 5.75 Å². The van der Waals surface area contributed by atoms with Crippen molar-refractivity contribution in [3.05, 3.63) is 29.8 Å². The molecular formula is C17H26N2O3. The van der Waals surface area contributed by atoms with E-state index in [1.165, 1.54) is 0 Å². The number of rotatable bonds is 6. The Kier molecular flexibility index (Phi) is 6.07. The quantitative estimate of drug-likeness (QED) is 0.756. The van der Waals surface area contributed by atoms with Gasteiger partial charge in [-0.3, -0.25) is 0 Å². The minimum absolute atomic E-state index is 0.0795. The Morgan fingerprint density at radius 3 is 2.68 bits per heavy atom. The smallest absolute Gasteiger partial charge is 0.315 e. The molecule has 0 heterocycles. The number of urea groups is 1. The van der Waals surface area contributed by atoms with Crippen molar-refractivity contribution in [1.29, 1.82) is 0 Å². The van der Waals surface area contributed by atoms with Crippen LogP contribution < -0.4 is 15.4 Å². The minimum Gasteiger partial charge on any atom is -0.494 e. The summed E-state index contributed by atoms with van der Waals surface area (Å²) in [4.78, 5) is 11.9. The van der Waals surface area contributed by atoms with Crippen LogP contribution in [0.15, 0.2) is 24.3 Å². The van der Waals surface area contributed by atoms with Crippen molar-refractivity contribution in [3.63, 3.8) is 0 Å². The number of amides is 2. The molecule has 0 saturated heterocycles. The number of hydrogen-bond donors (Lipinski definition) is 3. The minimum atomic E-state index is -0.274. The Bertz CT molecular complexity index is 475. The van der Waals surface area contributed by atoms with Crippen LogP contribution in [-0.4, -0.2) is 30.4 Å². The van der Waals surface area contributed by atoms with Crippen LogP contribution in [0.3, 0.4) is 0 Å². The summed E-state index contributed by atoms with van der Waals surface area (Å²) in [5, 5.41) is 15.5. The predicted molar refractivity (Wildman–Crippen MR) is 85.9 cm³/mol. The molecule has 0 unspecified atom stereocenters. The van der Waals surface area contributed by atoms with E-state index < -0.39 is 0 Å². The fourth-order valence-electron chi connectivity index (χ4n) is 2.83. The SMILES string of the molecule is CCOc1ccc([C@H](C)NC(=O)NC[C@H]2CCC[C@H]2O)cc1. The first kappa shape index (κ1) is 16.6. The number of benzene rings is 1. The van der Waals surface area contributed by atoms with Gasteiger partial charge in [0.25, 0.3) is 0 Å².